The topological polar surface area (TPSA) is 69.7 Å². The van der Waals surface area contributed by atoms with Gasteiger partial charge in [0.1, 0.15) is 11.0 Å². The highest BCUT2D eigenvalue weighted by atomic mass is 16.6. The monoisotopic (exact) mass is 344 g/mol. The van der Waals surface area contributed by atoms with Crippen LogP contribution >= 0.6 is 0 Å². The van der Waals surface area contributed by atoms with Crippen molar-refractivity contribution in [2.75, 3.05) is 7.11 Å². The first kappa shape index (κ1) is 18.9. The zero-order chi connectivity index (χ0) is 18.7. The summed E-state index contributed by atoms with van der Waals surface area (Å²) in [4.78, 5) is 37.1. The Hall–Kier alpha value is -2.43. The molecule has 1 aliphatic carbocycles. The predicted molar refractivity (Wildman–Crippen MR) is 93.1 cm³/mol. The second-order valence-electron chi connectivity index (χ2n) is 7.20. The molecule has 5 heteroatoms. The van der Waals surface area contributed by atoms with E-state index in [4.69, 9.17) is 4.74 Å². The van der Waals surface area contributed by atoms with Gasteiger partial charge in [0.2, 0.25) is 0 Å². The van der Waals surface area contributed by atoms with Crippen LogP contribution in [0.5, 0.6) is 0 Å². The lowest BCUT2D eigenvalue weighted by atomic mass is 9.80. The normalized spacial score (nSPS) is 19.8. The molecule has 0 amide bonds. The van der Waals surface area contributed by atoms with E-state index in [9.17, 15) is 14.4 Å². The molecule has 0 fully saturated rings. The van der Waals surface area contributed by atoms with Gasteiger partial charge in [0, 0.05) is 5.56 Å². The van der Waals surface area contributed by atoms with Gasteiger partial charge in [-0.2, -0.15) is 0 Å². The summed E-state index contributed by atoms with van der Waals surface area (Å²) in [6, 6.07) is 7.23. The van der Waals surface area contributed by atoms with E-state index in [0.29, 0.717) is 12.0 Å². The van der Waals surface area contributed by atoms with Crippen LogP contribution in [0, 0.1) is 5.41 Å². The highest BCUT2D eigenvalue weighted by Gasteiger charge is 2.52. The van der Waals surface area contributed by atoms with Gasteiger partial charge in [-0.25, -0.2) is 0 Å². The van der Waals surface area contributed by atoms with Crippen molar-refractivity contribution in [1.82, 2.24) is 0 Å². The fraction of sp³-hybridized carbons (Fsp3) is 0.450. The first-order chi connectivity index (χ1) is 11.7. The molecular weight excluding hydrogens is 320 g/mol. The van der Waals surface area contributed by atoms with Crippen molar-refractivity contribution < 1.29 is 23.9 Å². The summed E-state index contributed by atoms with van der Waals surface area (Å²) in [5.41, 5.74) is -0.548. The zero-order valence-electron chi connectivity index (χ0n) is 15.1. The van der Waals surface area contributed by atoms with E-state index < -0.39 is 17.0 Å². The van der Waals surface area contributed by atoms with Crippen molar-refractivity contribution in [2.24, 2.45) is 5.41 Å². The number of hydrogen-bond acceptors (Lipinski definition) is 5. The number of methoxy groups -OCH3 is 1. The third kappa shape index (κ3) is 4.16. The van der Waals surface area contributed by atoms with Crippen molar-refractivity contribution >= 4 is 17.7 Å². The lowest BCUT2D eigenvalue weighted by Crippen LogP contribution is -2.42. The fourth-order valence-electron chi connectivity index (χ4n) is 2.90. The molecular formula is C20H24O5. The number of hydrogen-bond donors (Lipinski definition) is 0. The van der Waals surface area contributed by atoms with E-state index in [1.807, 2.05) is 12.1 Å². The Balaban J connectivity index is 2.29. The van der Waals surface area contributed by atoms with E-state index >= 15 is 0 Å². The second kappa shape index (κ2) is 7.21. The summed E-state index contributed by atoms with van der Waals surface area (Å²) in [6.07, 6.45) is 3.90. The highest BCUT2D eigenvalue weighted by Crippen LogP contribution is 2.42. The average Bonchev–Trinajstić information content (AvgIpc) is 2.84. The Morgan fingerprint density at radius 3 is 2.48 bits per heavy atom. The molecule has 0 unspecified atom stereocenters. The number of benzene rings is 1. The Morgan fingerprint density at radius 1 is 1.20 bits per heavy atom. The van der Waals surface area contributed by atoms with E-state index in [1.165, 1.54) is 7.11 Å². The number of carbonyl (C=O) groups is 3. The van der Waals surface area contributed by atoms with Crippen molar-refractivity contribution in [2.45, 2.75) is 45.6 Å². The van der Waals surface area contributed by atoms with E-state index in [1.54, 1.807) is 45.1 Å². The number of Topliss-reactive ketones (excluding diaryl/α,β-unsaturated/α-hetero) is 1. The molecule has 1 aromatic rings. The molecule has 1 atom stereocenters. The number of allylic oxidation sites excluding steroid dienone is 1. The quantitative estimate of drug-likeness (QED) is 0.466. The minimum Gasteiger partial charge on any atom is -0.469 e. The van der Waals surface area contributed by atoms with Gasteiger partial charge in [0.25, 0.3) is 0 Å². The van der Waals surface area contributed by atoms with Crippen LogP contribution in [0.25, 0.3) is 0 Å². The number of rotatable bonds is 5. The summed E-state index contributed by atoms with van der Waals surface area (Å²) >= 11 is 0. The lowest BCUT2D eigenvalue weighted by Gasteiger charge is -2.29. The molecule has 1 aromatic carbocycles. The molecule has 0 aromatic heterocycles. The zero-order valence-corrected chi connectivity index (χ0v) is 15.1. The largest absolute Gasteiger partial charge is 0.469 e. The average molecular weight is 344 g/mol. The molecule has 0 radical (unpaired) electrons. The van der Waals surface area contributed by atoms with Gasteiger partial charge in [-0.05, 0) is 39.2 Å². The first-order valence-electron chi connectivity index (χ1n) is 8.27. The highest BCUT2D eigenvalue weighted by molar-refractivity contribution is 6.16. The van der Waals surface area contributed by atoms with Crippen LogP contribution in [0.4, 0.5) is 0 Å². The first-order valence-corrected chi connectivity index (χ1v) is 8.27. The molecule has 134 valence electrons. The molecule has 2 rings (SSSR count). The van der Waals surface area contributed by atoms with Gasteiger partial charge in [-0.15, -0.1) is 0 Å². The number of esters is 2. The van der Waals surface area contributed by atoms with Crippen molar-refractivity contribution in [1.29, 1.82) is 0 Å². The molecule has 0 aliphatic heterocycles. The van der Waals surface area contributed by atoms with Crippen molar-refractivity contribution in [3.63, 3.8) is 0 Å². The van der Waals surface area contributed by atoms with E-state index in [2.05, 4.69) is 4.74 Å². The van der Waals surface area contributed by atoms with Crippen LogP contribution in [-0.4, -0.2) is 30.4 Å². The lowest BCUT2D eigenvalue weighted by molar-refractivity contribution is -0.164. The number of ether oxygens (including phenoxy) is 2. The molecule has 0 N–H and O–H groups in total. The van der Waals surface area contributed by atoms with Crippen LogP contribution in [0.2, 0.25) is 0 Å². The van der Waals surface area contributed by atoms with Crippen LogP contribution in [-0.2, 0) is 25.5 Å². The van der Waals surface area contributed by atoms with Gasteiger partial charge in [0.05, 0.1) is 13.5 Å². The fourth-order valence-corrected chi connectivity index (χ4v) is 2.90. The maximum Gasteiger partial charge on any atom is 0.321 e. The second-order valence-corrected chi connectivity index (χ2v) is 7.20. The van der Waals surface area contributed by atoms with Gasteiger partial charge < -0.3 is 9.47 Å². The Bertz CT molecular complexity index is 711. The van der Waals surface area contributed by atoms with Crippen LogP contribution in [0.1, 0.15) is 49.5 Å². The Morgan fingerprint density at radius 2 is 1.88 bits per heavy atom. The predicted octanol–water partition coefficient (Wildman–Crippen LogP) is 3.26. The van der Waals surface area contributed by atoms with Gasteiger partial charge in [-0.3, -0.25) is 14.4 Å². The molecule has 0 saturated heterocycles. The maximum absolute atomic E-state index is 13.0. The smallest absolute Gasteiger partial charge is 0.321 e. The van der Waals surface area contributed by atoms with Crippen LogP contribution < -0.4 is 0 Å². The summed E-state index contributed by atoms with van der Waals surface area (Å²) in [6.45, 7) is 5.33. The minimum atomic E-state index is -1.27. The number of ketones is 1. The van der Waals surface area contributed by atoms with E-state index in [0.717, 1.165) is 5.56 Å². The summed E-state index contributed by atoms with van der Waals surface area (Å²) in [7, 11) is 1.31. The Labute approximate surface area is 148 Å². The Kier molecular flexibility index (Phi) is 5.45. The molecule has 25 heavy (non-hydrogen) atoms. The summed E-state index contributed by atoms with van der Waals surface area (Å²) in [5.74, 6) is -1.12. The third-order valence-corrected chi connectivity index (χ3v) is 4.12. The van der Waals surface area contributed by atoms with Crippen molar-refractivity contribution in [3.8, 4) is 0 Å². The maximum atomic E-state index is 13.0. The molecule has 0 heterocycles. The van der Waals surface area contributed by atoms with Gasteiger partial charge in [-0.1, -0.05) is 36.4 Å². The van der Waals surface area contributed by atoms with Gasteiger partial charge in [0.15, 0.2) is 5.78 Å². The van der Waals surface area contributed by atoms with Gasteiger partial charge >= 0.3 is 11.9 Å². The number of carbonyl (C=O) groups excluding carboxylic acids is 3. The summed E-state index contributed by atoms with van der Waals surface area (Å²) < 4.78 is 10.1. The van der Waals surface area contributed by atoms with Crippen molar-refractivity contribution in [3.05, 3.63) is 47.5 Å². The summed E-state index contributed by atoms with van der Waals surface area (Å²) in [5, 5.41) is 0. The molecule has 0 spiro atoms. The SMILES string of the molecule is COC(=O)C/C=C\C[C@@]1(C(=O)OC(C)(C)C)Cc2ccccc2C1=O. The van der Waals surface area contributed by atoms with Crippen LogP contribution in [0.3, 0.4) is 0 Å². The van der Waals surface area contributed by atoms with E-state index in [-0.39, 0.29) is 24.6 Å². The standard InChI is InChI=1S/C20H24O5/c1-19(2,3)25-18(23)20(12-8-7-11-16(21)24-4)13-14-9-5-6-10-15(14)17(20)22/h5-10H,11-13H2,1-4H3/b8-7-/t20-/m1/s1. The molecule has 0 saturated carbocycles. The third-order valence-electron chi connectivity index (χ3n) is 4.12. The minimum absolute atomic E-state index is 0.0992. The van der Waals surface area contributed by atoms with Crippen LogP contribution in [0.15, 0.2) is 36.4 Å². The number of fused-ring (bicyclic) bond motifs is 1. The molecule has 0 bridgehead atoms. The molecule has 5 nitrogen and oxygen atoms in total. The molecule has 1 aliphatic rings.